The molecule has 0 aliphatic heterocycles. The lowest BCUT2D eigenvalue weighted by Gasteiger charge is -2.12. The number of para-hydroxylation sites is 1. The lowest BCUT2D eigenvalue weighted by Crippen LogP contribution is -2.12. The summed E-state index contributed by atoms with van der Waals surface area (Å²) in [4.78, 5) is 0. The minimum Gasteiger partial charge on any atom is -0.488 e. The standard InChI is InChI=1S/C16H17FN2O/c1-10-4-3-5-11(2)15(10)20-9-12-6-13(16(18)19)8-14(17)7-12/h3-8H,9H2,1-2H3,(H3,18,19). The maximum absolute atomic E-state index is 13.5. The molecule has 2 aromatic carbocycles. The normalized spacial score (nSPS) is 10.3. The molecular weight excluding hydrogens is 255 g/mol. The third-order valence-corrected chi connectivity index (χ3v) is 3.06. The van der Waals surface area contributed by atoms with Gasteiger partial charge in [0.05, 0.1) is 0 Å². The molecule has 3 N–H and O–H groups in total. The SMILES string of the molecule is Cc1cccc(C)c1OCc1cc(F)cc(C(=N)N)c1. The van der Waals surface area contributed by atoms with Gasteiger partial charge in [-0.2, -0.15) is 0 Å². The first-order valence-corrected chi connectivity index (χ1v) is 6.30. The first kappa shape index (κ1) is 14.1. The highest BCUT2D eigenvalue weighted by Crippen LogP contribution is 2.23. The average molecular weight is 272 g/mol. The van der Waals surface area contributed by atoms with Crippen molar-refractivity contribution in [3.8, 4) is 5.75 Å². The van der Waals surface area contributed by atoms with E-state index < -0.39 is 5.82 Å². The van der Waals surface area contributed by atoms with E-state index in [4.69, 9.17) is 15.9 Å². The second kappa shape index (κ2) is 5.74. The molecule has 0 amide bonds. The highest BCUT2D eigenvalue weighted by atomic mass is 19.1. The summed E-state index contributed by atoms with van der Waals surface area (Å²) in [6.07, 6.45) is 0. The van der Waals surface area contributed by atoms with Gasteiger partial charge in [0.25, 0.3) is 0 Å². The Morgan fingerprint density at radius 2 is 1.85 bits per heavy atom. The largest absolute Gasteiger partial charge is 0.488 e. The van der Waals surface area contributed by atoms with Gasteiger partial charge in [-0.3, -0.25) is 5.41 Å². The van der Waals surface area contributed by atoms with Gasteiger partial charge in [0, 0.05) is 5.56 Å². The topological polar surface area (TPSA) is 59.1 Å². The number of aryl methyl sites for hydroxylation is 2. The van der Waals surface area contributed by atoms with Crippen molar-refractivity contribution in [3.63, 3.8) is 0 Å². The van der Waals surface area contributed by atoms with E-state index in [-0.39, 0.29) is 12.4 Å². The van der Waals surface area contributed by atoms with Gasteiger partial charge < -0.3 is 10.5 Å². The third kappa shape index (κ3) is 3.15. The van der Waals surface area contributed by atoms with E-state index in [1.165, 1.54) is 12.1 Å². The molecule has 0 fully saturated rings. The van der Waals surface area contributed by atoms with Gasteiger partial charge in [-0.1, -0.05) is 18.2 Å². The maximum Gasteiger partial charge on any atom is 0.125 e. The number of hydrogen-bond donors (Lipinski definition) is 2. The van der Waals surface area contributed by atoms with E-state index in [1.54, 1.807) is 6.07 Å². The van der Waals surface area contributed by atoms with E-state index in [2.05, 4.69) is 0 Å². The van der Waals surface area contributed by atoms with Crippen molar-refractivity contribution in [2.24, 2.45) is 5.73 Å². The summed E-state index contributed by atoms with van der Waals surface area (Å²) < 4.78 is 19.2. The van der Waals surface area contributed by atoms with Crippen LogP contribution < -0.4 is 10.5 Å². The molecule has 104 valence electrons. The lowest BCUT2D eigenvalue weighted by atomic mass is 10.1. The zero-order valence-electron chi connectivity index (χ0n) is 11.5. The van der Waals surface area contributed by atoms with E-state index in [0.29, 0.717) is 11.1 Å². The Labute approximate surface area is 117 Å². The molecule has 0 aliphatic rings. The molecule has 0 aliphatic carbocycles. The van der Waals surface area contributed by atoms with Crippen LogP contribution in [0, 0.1) is 25.1 Å². The number of benzene rings is 2. The van der Waals surface area contributed by atoms with Crippen LogP contribution in [0.1, 0.15) is 22.3 Å². The van der Waals surface area contributed by atoms with Gasteiger partial charge in [0.1, 0.15) is 24.0 Å². The Hall–Kier alpha value is -2.36. The van der Waals surface area contributed by atoms with Gasteiger partial charge in [-0.25, -0.2) is 4.39 Å². The van der Waals surface area contributed by atoms with E-state index in [9.17, 15) is 4.39 Å². The van der Waals surface area contributed by atoms with Gasteiger partial charge in [-0.15, -0.1) is 0 Å². The summed E-state index contributed by atoms with van der Waals surface area (Å²) >= 11 is 0. The van der Waals surface area contributed by atoms with Crippen molar-refractivity contribution in [2.75, 3.05) is 0 Å². The minimum absolute atomic E-state index is 0.155. The van der Waals surface area contributed by atoms with E-state index in [1.807, 2.05) is 32.0 Å². The van der Waals surface area contributed by atoms with Gasteiger partial charge in [-0.05, 0) is 48.7 Å². The molecule has 0 saturated carbocycles. The minimum atomic E-state index is -0.419. The van der Waals surface area contributed by atoms with Crippen molar-refractivity contribution in [1.29, 1.82) is 5.41 Å². The fourth-order valence-corrected chi connectivity index (χ4v) is 2.07. The van der Waals surface area contributed by atoms with Crippen LogP contribution in [-0.4, -0.2) is 5.84 Å². The molecule has 4 heteroatoms. The van der Waals surface area contributed by atoms with Gasteiger partial charge in [0.15, 0.2) is 0 Å². The predicted octanol–water partition coefficient (Wildman–Crippen LogP) is 3.31. The second-order valence-electron chi connectivity index (χ2n) is 4.77. The summed E-state index contributed by atoms with van der Waals surface area (Å²) in [5, 5.41) is 7.36. The Kier molecular flexibility index (Phi) is 4.03. The van der Waals surface area contributed by atoms with Crippen LogP contribution in [0.2, 0.25) is 0 Å². The predicted molar refractivity (Wildman–Crippen MR) is 77.7 cm³/mol. The number of hydrogen-bond acceptors (Lipinski definition) is 2. The molecule has 0 aromatic heterocycles. The smallest absolute Gasteiger partial charge is 0.125 e. The van der Waals surface area contributed by atoms with Gasteiger partial charge >= 0.3 is 0 Å². The van der Waals surface area contributed by atoms with Crippen molar-refractivity contribution >= 4 is 5.84 Å². The van der Waals surface area contributed by atoms with Crippen molar-refractivity contribution in [2.45, 2.75) is 20.5 Å². The number of rotatable bonds is 4. The first-order chi connectivity index (χ1) is 9.47. The molecule has 20 heavy (non-hydrogen) atoms. The molecule has 0 heterocycles. The first-order valence-electron chi connectivity index (χ1n) is 6.30. The van der Waals surface area contributed by atoms with Crippen LogP contribution >= 0.6 is 0 Å². The molecule has 0 radical (unpaired) electrons. The van der Waals surface area contributed by atoms with Crippen molar-refractivity contribution in [1.82, 2.24) is 0 Å². The van der Waals surface area contributed by atoms with Crippen molar-refractivity contribution in [3.05, 3.63) is 64.5 Å². The molecular formula is C16H17FN2O. The monoisotopic (exact) mass is 272 g/mol. The number of amidine groups is 1. The zero-order chi connectivity index (χ0) is 14.7. The Balaban J connectivity index is 2.21. The van der Waals surface area contributed by atoms with Crippen LogP contribution in [0.25, 0.3) is 0 Å². The molecule has 2 rings (SSSR count). The zero-order valence-corrected chi connectivity index (χ0v) is 11.5. The molecule has 2 aromatic rings. The number of halogens is 1. The number of nitrogens with two attached hydrogens (primary N) is 1. The molecule has 0 spiro atoms. The number of nitrogen functional groups attached to an aromatic ring is 1. The van der Waals surface area contributed by atoms with E-state index >= 15 is 0 Å². The van der Waals surface area contributed by atoms with Crippen LogP contribution in [0.3, 0.4) is 0 Å². The number of nitrogens with one attached hydrogen (secondary N) is 1. The molecule has 3 nitrogen and oxygen atoms in total. The second-order valence-corrected chi connectivity index (χ2v) is 4.77. The van der Waals surface area contributed by atoms with E-state index in [0.717, 1.165) is 16.9 Å². The molecule has 0 unspecified atom stereocenters. The fraction of sp³-hybridized carbons (Fsp3) is 0.188. The Morgan fingerprint density at radius 1 is 1.20 bits per heavy atom. The summed E-state index contributed by atoms with van der Waals surface area (Å²) in [5.41, 5.74) is 8.47. The molecule has 0 saturated heterocycles. The Morgan fingerprint density at radius 3 is 2.45 bits per heavy atom. The quantitative estimate of drug-likeness (QED) is 0.662. The third-order valence-electron chi connectivity index (χ3n) is 3.06. The van der Waals surface area contributed by atoms with Gasteiger partial charge in [0.2, 0.25) is 0 Å². The van der Waals surface area contributed by atoms with Crippen LogP contribution in [0.15, 0.2) is 36.4 Å². The van der Waals surface area contributed by atoms with Crippen LogP contribution in [-0.2, 0) is 6.61 Å². The summed E-state index contributed by atoms with van der Waals surface area (Å²) in [7, 11) is 0. The highest BCUT2D eigenvalue weighted by Gasteiger charge is 2.07. The lowest BCUT2D eigenvalue weighted by molar-refractivity contribution is 0.301. The summed E-state index contributed by atoms with van der Waals surface area (Å²) in [6, 6.07) is 10.2. The average Bonchev–Trinajstić information content (AvgIpc) is 2.37. The van der Waals surface area contributed by atoms with Crippen LogP contribution in [0.5, 0.6) is 5.75 Å². The molecule has 0 bridgehead atoms. The maximum atomic E-state index is 13.5. The summed E-state index contributed by atoms with van der Waals surface area (Å²) in [6.45, 7) is 4.17. The van der Waals surface area contributed by atoms with Crippen LogP contribution in [0.4, 0.5) is 4.39 Å². The molecule has 0 atom stereocenters. The summed E-state index contributed by atoms with van der Waals surface area (Å²) in [5.74, 6) is 0.233. The highest BCUT2D eigenvalue weighted by molar-refractivity contribution is 5.95. The van der Waals surface area contributed by atoms with Crippen molar-refractivity contribution < 1.29 is 9.13 Å². The Bertz CT molecular complexity index is 633. The fourth-order valence-electron chi connectivity index (χ4n) is 2.07. The number of ether oxygens (including phenoxy) is 1.